The van der Waals surface area contributed by atoms with Gasteiger partial charge in [0.05, 0.1) is 21.5 Å². The lowest BCUT2D eigenvalue weighted by Crippen LogP contribution is -2.23. The molecule has 0 atom stereocenters. The Morgan fingerprint density at radius 2 is 1.83 bits per heavy atom. The molecule has 0 fully saturated rings. The van der Waals surface area contributed by atoms with E-state index in [0.717, 1.165) is 15.7 Å². The van der Waals surface area contributed by atoms with E-state index < -0.39 is 4.92 Å². The maximum atomic E-state index is 13.4. The van der Waals surface area contributed by atoms with Gasteiger partial charge >= 0.3 is 0 Å². The second-order valence-corrected chi connectivity index (χ2v) is 7.66. The second-order valence-electron chi connectivity index (χ2n) is 6.74. The van der Waals surface area contributed by atoms with Crippen molar-refractivity contribution in [3.63, 3.8) is 0 Å². The molecular weight excluding hydrogens is 446 g/mol. The molecule has 0 amide bonds. The Kier molecular flexibility index (Phi) is 5.29. The summed E-state index contributed by atoms with van der Waals surface area (Å²) in [6, 6.07) is 19.3. The summed E-state index contributed by atoms with van der Waals surface area (Å²) in [5.74, 6) is 0.440. The fourth-order valence-electron chi connectivity index (χ4n) is 3.25. The van der Waals surface area contributed by atoms with E-state index in [9.17, 15) is 14.9 Å². The summed E-state index contributed by atoms with van der Waals surface area (Å²) in [4.78, 5) is 28.7. The van der Waals surface area contributed by atoms with Crippen LogP contribution < -0.4 is 5.56 Å². The van der Waals surface area contributed by atoms with Gasteiger partial charge in [0.15, 0.2) is 0 Å². The fraction of sp³-hybridized carbons (Fsp3) is 0.0435. The van der Waals surface area contributed by atoms with E-state index in [4.69, 9.17) is 0 Å². The summed E-state index contributed by atoms with van der Waals surface area (Å²) in [5.41, 5.74) is 2.70. The summed E-state index contributed by atoms with van der Waals surface area (Å²) in [6.45, 7) is 1.93. The number of para-hydroxylation sites is 1. The van der Waals surface area contributed by atoms with E-state index in [1.54, 1.807) is 41.0 Å². The van der Waals surface area contributed by atoms with E-state index in [-0.39, 0.29) is 11.2 Å². The zero-order valence-electron chi connectivity index (χ0n) is 15.9. The number of benzene rings is 3. The van der Waals surface area contributed by atoms with Gasteiger partial charge in [0.2, 0.25) is 0 Å². The standard InChI is InChI=1S/C23H16BrN3O3/c1-15-5-2-3-8-21(15)26-22(12-9-16-6-4-7-18(13-16)27(29)30)25-20-11-10-17(24)14-19(20)23(26)28/h2-14H,1H3. The molecule has 0 aliphatic rings. The molecule has 0 spiro atoms. The van der Waals surface area contributed by atoms with Gasteiger partial charge in [-0.05, 0) is 48.4 Å². The van der Waals surface area contributed by atoms with E-state index >= 15 is 0 Å². The molecule has 1 aromatic heterocycles. The van der Waals surface area contributed by atoms with Crippen LogP contribution in [0.15, 0.2) is 76.0 Å². The highest BCUT2D eigenvalue weighted by Crippen LogP contribution is 2.21. The van der Waals surface area contributed by atoms with Crippen LogP contribution in [-0.4, -0.2) is 14.5 Å². The van der Waals surface area contributed by atoms with Crippen LogP contribution >= 0.6 is 15.9 Å². The molecule has 0 unspecified atom stereocenters. The number of halogens is 1. The highest BCUT2D eigenvalue weighted by atomic mass is 79.9. The molecule has 0 N–H and O–H groups in total. The maximum Gasteiger partial charge on any atom is 0.270 e. The Hall–Kier alpha value is -3.58. The molecule has 6 nitrogen and oxygen atoms in total. The lowest BCUT2D eigenvalue weighted by atomic mass is 10.1. The van der Waals surface area contributed by atoms with Gasteiger partial charge in [-0.1, -0.05) is 52.3 Å². The van der Waals surface area contributed by atoms with Crippen molar-refractivity contribution in [3.05, 3.63) is 109 Å². The first-order valence-electron chi connectivity index (χ1n) is 9.15. The minimum atomic E-state index is -0.438. The van der Waals surface area contributed by atoms with Gasteiger partial charge in [0.1, 0.15) is 5.82 Å². The molecule has 4 rings (SSSR count). The predicted octanol–water partition coefficient (Wildman–Crippen LogP) is 5.54. The van der Waals surface area contributed by atoms with Gasteiger partial charge in [-0.2, -0.15) is 0 Å². The number of hydrogen-bond acceptors (Lipinski definition) is 4. The molecule has 0 aliphatic carbocycles. The van der Waals surface area contributed by atoms with E-state index in [2.05, 4.69) is 20.9 Å². The average molecular weight is 462 g/mol. The lowest BCUT2D eigenvalue weighted by Gasteiger charge is -2.13. The third kappa shape index (κ3) is 3.79. The highest BCUT2D eigenvalue weighted by molar-refractivity contribution is 9.10. The summed E-state index contributed by atoms with van der Waals surface area (Å²) in [7, 11) is 0. The topological polar surface area (TPSA) is 78.0 Å². The Balaban J connectivity index is 1.94. The number of non-ortho nitro benzene ring substituents is 1. The number of aryl methyl sites for hydroxylation is 1. The first-order valence-corrected chi connectivity index (χ1v) is 9.94. The number of aromatic nitrogens is 2. The average Bonchev–Trinajstić information content (AvgIpc) is 2.74. The Morgan fingerprint density at radius 1 is 1.03 bits per heavy atom. The molecule has 0 radical (unpaired) electrons. The largest absolute Gasteiger partial charge is 0.270 e. The van der Waals surface area contributed by atoms with Crippen LogP contribution in [0.5, 0.6) is 0 Å². The quantitative estimate of drug-likeness (QED) is 0.295. The molecule has 0 saturated heterocycles. The molecule has 0 bridgehead atoms. The highest BCUT2D eigenvalue weighted by Gasteiger charge is 2.13. The number of rotatable bonds is 4. The summed E-state index contributed by atoms with van der Waals surface area (Å²) in [5, 5.41) is 11.5. The van der Waals surface area contributed by atoms with Crippen LogP contribution in [-0.2, 0) is 0 Å². The summed E-state index contributed by atoms with van der Waals surface area (Å²) in [6.07, 6.45) is 3.42. The van der Waals surface area contributed by atoms with Gasteiger partial charge in [0, 0.05) is 16.6 Å². The van der Waals surface area contributed by atoms with Crippen molar-refractivity contribution >= 4 is 44.7 Å². The van der Waals surface area contributed by atoms with Crippen LogP contribution in [0.2, 0.25) is 0 Å². The fourth-order valence-corrected chi connectivity index (χ4v) is 3.61. The lowest BCUT2D eigenvalue weighted by molar-refractivity contribution is -0.384. The van der Waals surface area contributed by atoms with Crippen molar-refractivity contribution in [1.82, 2.24) is 9.55 Å². The summed E-state index contributed by atoms with van der Waals surface area (Å²) < 4.78 is 2.36. The van der Waals surface area contributed by atoms with Crippen LogP contribution in [0.1, 0.15) is 17.0 Å². The van der Waals surface area contributed by atoms with Gasteiger partial charge in [0.25, 0.3) is 11.2 Å². The van der Waals surface area contributed by atoms with Crippen molar-refractivity contribution in [3.8, 4) is 5.69 Å². The van der Waals surface area contributed by atoms with Crippen molar-refractivity contribution in [2.75, 3.05) is 0 Å². The van der Waals surface area contributed by atoms with Crippen molar-refractivity contribution < 1.29 is 4.92 Å². The SMILES string of the molecule is Cc1ccccc1-n1c(C=Cc2cccc([N+](=O)[O-])c2)nc2ccc(Br)cc2c1=O. The number of hydrogen-bond donors (Lipinski definition) is 0. The Bertz CT molecular complexity index is 1380. The van der Waals surface area contributed by atoms with E-state index in [1.165, 1.54) is 12.1 Å². The minimum Gasteiger partial charge on any atom is -0.268 e. The van der Waals surface area contributed by atoms with Gasteiger partial charge in [-0.25, -0.2) is 4.98 Å². The Morgan fingerprint density at radius 3 is 2.60 bits per heavy atom. The maximum absolute atomic E-state index is 13.4. The molecule has 148 valence electrons. The zero-order valence-corrected chi connectivity index (χ0v) is 17.5. The summed E-state index contributed by atoms with van der Waals surface area (Å²) >= 11 is 3.42. The van der Waals surface area contributed by atoms with Crippen molar-refractivity contribution in [1.29, 1.82) is 0 Å². The first kappa shape index (κ1) is 19.7. The van der Waals surface area contributed by atoms with Crippen LogP contribution in [0, 0.1) is 17.0 Å². The molecule has 30 heavy (non-hydrogen) atoms. The molecular formula is C23H16BrN3O3. The third-order valence-electron chi connectivity index (χ3n) is 4.72. The van der Waals surface area contributed by atoms with Gasteiger partial charge in [-0.15, -0.1) is 0 Å². The van der Waals surface area contributed by atoms with Crippen LogP contribution in [0.25, 0.3) is 28.7 Å². The molecule has 0 aliphatic heterocycles. The smallest absolute Gasteiger partial charge is 0.268 e. The number of nitrogens with zero attached hydrogens (tertiary/aromatic N) is 3. The molecule has 7 heteroatoms. The van der Waals surface area contributed by atoms with Gasteiger partial charge in [-0.3, -0.25) is 19.5 Å². The number of fused-ring (bicyclic) bond motifs is 1. The Labute approximate surface area is 180 Å². The van der Waals surface area contributed by atoms with Crippen molar-refractivity contribution in [2.24, 2.45) is 0 Å². The monoisotopic (exact) mass is 461 g/mol. The number of nitro benzene ring substituents is 1. The molecule has 0 saturated carbocycles. The molecule has 1 heterocycles. The first-order chi connectivity index (χ1) is 14.4. The van der Waals surface area contributed by atoms with Crippen LogP contribution in [0.4, 0.5) is 5.69 Å². The second kappa shape index (κ2) is 8.04. The minimum absolute atomic E-state index is 0.00441. The van der Waals surface area contributed by atoms with E-state index in [0.29, 0.717) is 22.3 Å². The predicted molar refractivity (Wildman–Crippen MR) is 122 cm³/mol. The third-order valence-corrected chi connectivity index (χ3v) is 5.21. The van der Waals surface area contributed by atoms with Crippen molar-refractivity contribution in [2.45, 2.75) is 6.92 Å². The van der Waals surface area contributed by atoms with E-state index in [1.807, 2.05) is 37.3 Å². The van der Waals surface area contributed by atoms with Gasteiger partial charge < -0.3 is 0 Å². The molecule has 4 aromatic rings. The molecule has 3 aromatic carbocycles. The zero-order chi connectivity index (χ0) is 21.3. The normalized spacial score (nSPS) is 11.3. The number of nitro groups is 1. The van der Waals surface area contributed by atoms with Crippen LogP contribution in [0.3, 0.4) is 0 Å².